The van der Waals surface area contributed by atoms with Crippen molar-refractivity contribution in [3.8, 4) is 0 Å². The van der Waals surface area contributed by atoms with E-state index in [1.54, 1.807) is 13.8 Å². The van der Waals surface area contributed by atoms with Gasteiger partial charge in [0, 0.05) is 54.4 Å². The summed E-state index contributed by atoms with van der Waals surface area (Å²) in [4.78, 5) is 76.7. The van der Waals surface area contributed by atoms with Gasteiger partial charge >= 0.3 is 35.8 Å². The second-order valence-corrected chi connectivity index (χ2v) is 13.5. The van der Waals surface area contributed by atoms with E-state index in [1.807, 2.05) is 0 Å². The molecule has 0 aromatic carbocycles. The van der Waals surface area contributed by atoms with Crippen LogP contribution in [0.25, 0.3) is 0 Å². The van der Waals surface area contributed by atoms with Crippen LogP contribution in [0.15, 0.2) is 11.1 Å². The molecule has 10 atom stereocenters. The van der Waals surface area contributed by atoms with Gasteiger partial charge in [-0.2, -0.15) is 0 Å². The Bertz CT molecular complexity index is 1360. The van der Waals surface area contributed by atoms with E-state index in [9.17, 15) is 33.9 Å². The summed E-state index contributed by atoms with van der Waals surface area (Å²) < 4.78 is 41.9. The first-order valence-corrected chi connectivity index (χ1v) is 15.2. The number of esters is 6. The molecule has 3 fully saturated rings. The molecule has 0 radical (unpaired) electrons. The third-order valence-electron chi connectivity index (χ3n) is 10.2. The lowest BCUT2D eigenvalue weighted by Crippen LogP contribution is -2.79. The zero-order chi connectivity index (χ0) is 34.7. The second-order valence-electron chi connectivity index (χ2n) is 13.5. The van der Waals surface area contributed by atoms with E-state index >= 15 is 0 Å². The van der Waals surface area contributed by atoms with E-state index in [1.165, 1.54) is 41.5 Å². The van der Waals surface area contributed by atoms with Crippen molar-refractivity contribution in [1.82, 2.24) is 0 Å². The maximum atomic E-state index is 13.1. The van der Waals surface area contributed by atoms with Crippen molar-refractivity contribution in [2.45, 2.75) is 130 Å². The molecule has 256 valence electrons. The summed E-state index contributed by atoms with van der Waals surface area (Å²) in [5, 5.41) is 12.3. The molecule has 1 N–H and O–H groups in total. The number of rotatable bonds is 7. The van der Waals surface area contributed by atoms with Crippen LogP contribution < -0.4 is 0 Å². The van der Waals surface area contributed by atoms with Crippen LogP contribution in [-0.4, -0.2) is 95.4 Å². The van der Waals surface area contributed by atoms with E-state index in [-0.39, 0.29) is 25.0 Å². The SMILES string of the molecule is CC(=O)O[C@H]1C[C@]2(C(C)(C)O)C(=C1C)[C@@H](OC(C)=O)[C@H](OC(C)=O)[C@@]1(C)C([C@@H]2OC(C)=O)[C@]2(OC(C)=O)CO[C@@H]2C[C@@H]1OC(C)=O. The molecule has 0 spiro atoms. The quantitative estimate of drug-likeness (QED) is 0.238. The Kier molecular flexibility index (Phi) is 9.16. The van der Waals surface area contributed by atoms with Crippen LogP contribution in [-0.2, 0) is 61.9 Å². The minimum absolute atomic E-state index is 0.0270. The van der Waals surface area contributed by atoms with Gasteiger partial charge in [0.05, 0.1) is 29.0 Å². The van der Waals surface area contributed by atoms with E-state index < -0.39 is 100 Å². The Labute approximate surface area is 267 Å². The molecule has 14 nitrogen and oxygen atoms in total. The third-order valence-corrected chi connectivity index (χ3v) is 10.2. The minimum Gasteiger partial charge on any atom is -0.462 e. The lowest BCUT2D eigenvalue weighted by Gasteiger charge is -2.65. The second kappa shape index (κ2) is 11.9. The molecule has 1 unspecified atom stereocenters. The Balaban J connectivity index is 2.25. The fourth-order valence-electron chi connectivity index (χ4n) is 8.71. The highest BCUT2D eigenvalue weighted by Gasteiger charge is 2.80. The highest BCUT2D eigenvalue weighted by Crippen LogP contribution is 2.69. The topological polar surface area (TPSA) is 187 Å². The van der Waals surface area contributed by atoms with Crippen molar-refractivity contribution < 1.29 is 67.0 Å². The van der Waals surface area contributed by atoms with Crippen LogP contribution in [0.1, 0.15) is 82.1 Å². The van der Waals surface area contributed by atoms with Crippen molar-refractivity contribution in [2.75, 3.05) is 6.61 Å². The van der Waals surface area contributed by atoms with Crippen LogP contribution in [0.4, 0.5) is 0 Å². The van der Waals surface area contributed by atoms with Gasteiger partial charge < -0.3 is 38.3 Å². The Morgan fingerprint density at radius 2 is 1.30 bits per heavy atom. The van der Waals surface area contributed by atoms with Gasteiger partial charge in [-0.25, -0.2) is 0 Å². The smallest absolute Gasteiger partial charge is 0.303 e. The van der Waals surface area contributed by atoms with Gasteiger partial charge in [0.15, 0.2) is 17.8 Å². The molecule has 1 heterocycles. The number of aliphatic hydroxyl groups is 1. The van der Waals surface area contributed by atoms with Gasteiger partial charge in [0.2, 0.25) is 0 Å². The fraction of sp³-hybridized carbons (Fsp3) is 0.750. The largest absolute Gasteiger partial charge is 0.462 e. The standard InChI is InChI=1S/C32H44O14/c1-14-21(41-15(2)33)12-31(29(8,9)39)24(14)25(43-17(4)35)27(44-18(5)36)30(10)22(42-16(3)34)11-23-32(13-40-23,46-20(7)38)26(30)28(31)45-19(6)37/h21-23,25-28,39H,11-13H2,1-10H3/t21-,22-,23+,25+,26?,27-,28-,30+,31-,32-/m0/s1. The molecule has 2 saturated carbocycles. The first-order valence-electron chi connectivity index (χ1n) is 15.2. The van der Waals surface area contributed by atoms with Crippen LogP contribution in [0.3, 0.4) is 0 Å². The lowest BCUT2D eigenvalue weighted by molar-refractivity contribution is -0.353. The van der Waals surface area contributed by atoms with Crippen molar-refractivity contribution >= 4 is 35.8 Å². The average molecular weight is 653 g/mol. The summed E-state index contributed by atoms with van der Waals surface area (Å²) >= 11 is 0. The molecular formula is C32H44O14. The highest BCUT2D eigenvalue weighted by molar-refractivity contribution is 5.71. The van der Waals surface area contributed by atoms with E-state index in [0.717, 1.165) is 13.8 Å². The van der Waals surface area contributed by atoms with Crippen LogP contribution in [0.2, 0.25) is 0 Å². The molecule has 14 heteroatoms. The maximum absolute atomic E-state index is 13.1. The van der Waals surface area contributed by atoms with Crippen molar-refractivity contribution in [1.29, 1.82) is 0 Å². The van der Waals surface area contributed by atoms with Gasteiger partial charge in [0.25, 0.3) is 0 Å². The molecule has 0 bridgehead atoms. The monoisotopic (exact) mass is 652 g/mol. The summed E-state index contributed by atoms with van der Waals surface area (Å²) in [6, 6.07) is 0. The lowest BCUT2D eigenvalue weighted by atomic mass is 9.49. The Morgan fingerprint density at radius 3 is 1.74 bits per heavy atom. The third kappa shape index (κ3) is 5.46. The van der Waals surface area contributed by atoms with Crippen molar-refractivity contribution in [3.63, 3.8) is 0 Å². The molecule has 0 amide bonds. The Hall–Kier alpha value is -3.52. The number of ether oxygens (including phenoxy) is 7. The van der Waals surface area contributed by atoms with E-state index in [4.69, 9.17) is 33.2 Å². The Morgan fingerprint density at radius 1 is 0.783 bits per heavy atom. The molecule has 1 saturated heterocycles. The first kappa shape index (κ1) is 35.3. The molecular weight excluding hydrogens is 608 g/mol. The minimum atomic E-state index is -1.84. The molecule has 46 heavy (non-hydrogen) atoms. The summed E-state index contributed by atoms with van der Waals surface area (Å²) in [6.45, 7) is 13.1. The maximum Gasteiger partial charge on any atom is 0.303 e. The van der Waals surface area contributed by atoms with Gasteiger partial charge in [-0.15, -0.1) is 0 Å². The number of fused-ring (bicyclic) bond motifs is 4. The average Bonchev–Trinajstić information content (AvgIpc) is 3.13. The fourth-order valence-corrected chi connectivity index (χ4v) is 8.71. The number of carbonyl (C=O) groups excluding carboxylic acids is 6. The van der Waals surface area contributed by atoms with Crippen molar-refractivity contribution in [3.05, 3.63) is 11.1 Å². The van der Waals surface area contributed by atoms with Gasteiger partial charge in [-0.3, -0.25) is 28.8 Å². The molecule has 0 aromatic heterocycles. The first-order chi connectivity index (χ1) is 21.1. The van der Waals surface area contributed by atoms with Crippen LogP contribution >= 0.6 is 0 Å². The summed E-state index contributed by atoms with van der Waals surface area (Å²) in [5.41, 5.74) is -6.18. The zero-order valence-corrected chi connectivity index (χ0v) is 27.9. The molecule has 4 rings (SSSR count). The van der Waals surface area contributed by atoms with Gasteiger partial charge in [-0.05, 0) is 31.9 Å². The van der Waals surface area contributed by atoms with Gasteiger partial charge in [0.1, 0.15) is 24.4 Å². The summed E-state index contributed by atoms with van der Waals surface area (Å²) in [6.07, 6.45) is -7.59. The van der Waals surface area contributed by atoms with Crippen molar-refractivity contribution in [2.24, 2.45) is 16.7 Å². The number of hydrogen-bond acceptors (Lipinski definition) is 14. The number of carbonyl (C=O) groups is 6. The zero-order valence-electron chi connectivity index (χ0n) is 27.9. The predicted molar refractivity (Wildman–Crippen MR) is 154 cm³/mol. The molecule has 0 aromatic rings. The summed E-state index contributed by atoms with van der Waals surface area (Å²) in [5.74, 6) is -5.59. The van der Waals surface area contributed by atoms with E-state index in [2.05, 4.69) is 0 Å². The predicted octanol–water partition coefficient (Wildman–Crippen LogP) is 1.86. The molecule has 1 aliphatic heterocycles. The molecule has 3 aliphatic carbocycles. The normalized spacial score (nSPS) is 38.0. The molecule has 4 aliphatic rings. The number of hydrogen-bond donors (Lipinski definition) is 1. The van der Waals surface area contributed by atoms with Crippen LogP contribution in [0.5, 0.6) is 0 Å². The highest BCUT2D eigenvalue weighted by atomic mass is 16.6. The van der Waals surface area contributed by atoms with Gasteiger partial charge in [-0.1, -0.05) is 6.92 Å². The van der Waals surface area contributed by atoms with E-state index in [0.29, 0.717) is 5.57 Å². The van der Waals surface area contributed by atoms with Crippen LogP contribution in [0, 0.1) is 16.7 Å². The summed E-state index contributed by atoms with van der Waals surface area (Å²) in [7, 11) is 0.